The number of hydrogen-bond acceptors (Lipinski definition) is 4. The molecule has 0 radical (unpaired) electrons. The Morgan fingerprint density at radius 2 is 1.71 bits per heavy atom. The van der Waals surface area contributed by atoms with Crippen LogP contribution >= 0.6 is 11.3 Å². The maximum Gasteiger partial charge on any atom is 0.418 e. The maximum absolute atomic E-state index is 13.6. The summed E-state index contributed by atoms with van der Waals surface area (Å²) >= 11 is 1.34. The molecule has 0 saturated heterocycles. The second-order valence-electron chi connectivity index (χ2n) is 10.6. The van der Waals surface area contributed by atoms with Crippen LogP contribution in [0, 0.1) is 11.3 Å². The van der Waals surface area contributed by atoms with Gasteiger partial charge < -0.3 is 15.4 Å². The summed E-state index contributed by atoms with van der Waals surface area (Å²) in [7, 11) is 1.56. The van der Waals surface area contributed by atoms with Crippen molar-refractivity contribution in [2.45, 2.75) is 52.6 Å². The van der Waals surface area contributed by atoms with Crippen molar-refractivity contribution in [1.29, 1.82) is 0 Å². The fraction of sp³-hybridized carbons (Fsp3) is 0.379. The summed E-state index contributed by atoms with van der Waals surface area (Å²) in [6.45, 7) is 6.53. The molecule has 2 amide bonds. The largest absolute Gasteiger partial charge is 0.497 e. The average Bonchev–Trinajstić information content (AvgIpc) is 3.20. The molecule has 1 aliphatic rings. The lowest BCUT2D eigenvalue weighted by atomic mass is 9.72. The molecule has 0 bridgehead atoms. The topological polar surface area (TPSA) is 67.4 Å². The van der Waals surface area contributed by atoms with Gasteiger partial charge in [0.2, 0.25) is 5.91 Å². The molecule has 1 aliphatic carbocycles. The number of carbonyl (C=O) groups excluding carboxylic acids is 2. The molecule has 38 heavy (non-hydrogen) atoms. The highest BCUT2D eigenvalue weighted by Gasteiger charge is 2.36. The normalized spacial score (nSPS) is 15.5. The lowest BCUT2D eigenvalue weighted by Crippen LogP contribution is -2.27. The van der Waals surface area contributed by atoms with Gasteiger partial charge in [0.25, 0.3) is 5.91 Å². The first-order valence-corrected chi connectivity index (χ1v) is 13.2. The molecule has 0 aliphatic heterocycles. The Labute approximate surface area is 224 Å². The van der Waals surface area contributed by atoms with E-state index in [0.29, 0.717) is 23.1 Å². The van der Waals surface area contributed by atoms with Crippen molar-refractivity contribution in [2.75, 3.05) is 17.7 Å². The predicted molar refractivity (Wildman–Crippen MR) is 144 cm³/mol. The fourth-order valence-electron chi connectivity index (χ4n) is 4.78. The van der Waals surface area contributed by atoms with Crippen LogP contribution in [0.1, 0.15) is 59.1 Å². The van der Waals surface area contributed by atoms with Crippen molar-refractivity contribution in [3.05, 3.63) is 75.7 Å². The van der Waals surface area contributed by atoms with E-state index in [1.807, 2.05) is 0 Å². The first-order valence-electron chi connectivity index (χ1n) is 12.4. The average molecular weight is 545 g/mol. The van der Waals surface area contributed by atoms with Crippen molar-refractivity contribution in [3.8, 4) is 5.75 Å². The Hall–Kier alpha value is -3.33. The van der Waals surface area contributed by atoms with Crippen LogP contribution in [0.2, 0.25) is 0 Å². The number of alkyl halides is 3. The zero-order valence-corrected chi connectivity index (χ0v) is 22.6. The van der Waals surface area contributed by atoms with Crippen LogP contribution in [0.4, 0.5) is 23.9 Å². The van der Waals surface area contributed by atoms with E-state index in [-0.39, 0.29) is 29.0 Å². The van der Waals surface area contributed by atoms with E-state index >= 15 is 0 Å². The van der Waals surface area contributed by atoms with E-state index in [9.17, 15) is 22.8 Å². The van der Waals surface area contributed by atoms with Crippen LogP contribution in [0.5, 0.6) is 5.75 Å². The Bertz CT molecular complexity index is 1320. The zero-order valence-electron chi connectivity index (χ0n) is 21.8. The van der Waals surface area contributed by atoms with Gasteiger partial charge >= 0.3 is 6.18 Å². The fourth-order valence-corrected chi connectivity index (χ4v) is 6.12. The number of anilines is 2. The van der Waals surface area contributed by atoms with Crippen molar-refractivity contribution in [3.63, 3.8) is 0 Å². The Morgan fingerprint density at radius 1 is 1.03 bits per heavy atom. The first kappa shape index (κ1) is 27.7. The van der Waals surface area contributed by atoms with Crippen LogP contribution in [0.25, 0.3) is 0 Å². The van der Waals surface area contributed by atoms with Gasteiger partial charge in [0.1, 0.15) is 10.8 Å². The number of benzene rings is 2. The van der Waals surface area contributed by atoms with Gasteiger partial charge in [-0.3, -0.25) is 9.59 Å². The van der Waals surface area contributed by atoms with E-state index in [1.54, 1.807) is 31.4 Å². The highest BCUT2D eigenvalue weighted by atomic mass is 32.1. The molecule has 1 atom stereocenters. The Kier molecular flexibility index (Phi) is 7.88. The van der Waals surface area contributed by atoms with Crippen LogP contribution < -0.4 is 15.4 Å². The third-order valence-electron chi connectivity index (χ3n) is 6.97. The smallest absolute Gasteiger partial charge is 0.418 e. The number of carbonyl (C=O) groups is 2. The van der Waals surface area contributed by atoms with E-state index in [2.05, 4.69) is 31.4 Å². The van der Waals surface area contributed by atoms with Gasteiger partial charge in [0.15, 0.2) is 0 Å². The van der Waals surface area contributed by atoms with Gasteiger partial charge in [0.05, 0.1) is 30.3 Å². The van der Waals surface area contributed by atoms with E-state index in [0.717, 1.165) is 34.9 Å². The standard InChI is InChI=1S/C29H31F3N2O3S/c1-28(2,3)18-11-14-20-23(16-18)38-27(34-24(35)15-17-9-12-19(37-4)13-10-17)25(20)26(36)33-22-8-6-5-7-21(22)29(30,31)32/h5-10,12-13,18H,11,14-16H2,1-4H3,(H,33,36)(H,34,35). The number of fused-ring (bicyclic) bond motifs is 1. The van der Waals surface area contributed by atoms with Crippen LogP contribution in [0.3, 0.4) is 0 Å². The predicted octanol–water partition coefficient (Wildman–Crippen LogP) is 7.36. The molecule has 9 heteroatoms. The number of amides is 2. The summed E-state index contributed by atoms with van der Waals surface area (Å²) in [5, 5.41) is 5.71. The Morgan fingerprint density at radius 3 is 2.34 bits per heavy atom. The second kappa shape index (κ2) is 10.8. The van der Waals surface area contributed by atoms with Crippen LogP contribution in [0.15, 0.2) is 48.5 Å². The lowest BCUT2D eigenvalue weighted by molar-refractivity contribution is -0.136. The summed E-state index contributed by atoms with van der Waals surface area (Å²) in [6, 6.07) is 12.0. The van der Waals surface area contributed by atoms with Crippen LogP contribution in [-0.4, -0.2) is 18.9 Å². The van der Waals surface area contributed by atoms with Crippen molar-refractivity contribution >= 4 is 33.8 Å². The quantitative estimate of drug-likeness (QED) is 0.341. The number of ether oxygens (including phenoxy) is 1. The van der Waals surface area contributed by atoms with Gasteiger partial charge in [-0.05, 0) is 66.0 Å². The van der Waals surface area contributed by atoms with Gasteiger partial charge in [-0.1, -0.05) is 45.0 Å². The summed E-state index contributed by atoms with van der Waals surface area (Å²) in [6.07, 6.45) is -2.32. The highest BCUT2D eigenvalue weighted by Crippen LogP contribution is 2.45. The third kappa shape index (κ3) is 6.20. The second-order valence-corrected chi connectivity index (χ2v) is 11.7. The molecule has 0 spiro atoms. The van der Waals surface area contributed by atoms with Crippen molar-refractivity contribution < 1.29 is 27.5 Å². The number of halogens is 3. The third-order valence-corrected chi connectivity index (χ3v) is 8.14. The molecule has 3 aromatic rings. The molecule has 0 saturated carbocycles. The minimum atomic E-state index is -4.62. The molecule has 4 rings (SSSR count). The zero-order chi connectivity index (χ0) is 27.7. The number of thiophene rings is 1. The summed E-state index contributed by atoms with van der Waals surface area (Å²) < 4.78 is 45.8. The molecule has 1 heterocycles. The molecule has 5 nitrogen and oxygen atoms in total. The summed E-state index contributed by atoms with van der Waals surface area (Å²) in [5.41, 5.74) is 0.643. The van der Waals surface area contributed by atoms with E-state index in [4.69, 9.17) is 4.74 Å². The summed E-state index contributed by atoms with van der Waals surface area (Å²) in [4.78, 5) is 27.5. The molecular formula is C29H31F3N2O3S. The highest BCUT2D eigenvalue weighted by molar-refractivity contribution is 7.17. The SMILES string of the molecule is COc1ccc(CC(=O)Nc2sc3c(c2C(=O)Nc2ccccc2C(F)(F)F)CCC(C(C)(C)C)C3)cc1. The van der Waals surface area contributed by atoms with Gasteiger partial charge in [0, 0.05) is 4.88 Å². The number of nitrogens with one attached hydrogen (secondary N) is 2. The number of methoxy groups -OCH3 is 1. The van der Waals surface area contributed by atoms with Gasteiger partial charge in [-0.2, -0.15) is 13.2 Å². The number of para-hydroxylation sites is 1. The molecule has 2 N–H and O–H groups in total. The molecule has 202 valence electrons. The minimum absolute atomic E-state index is 0.0630. The molecule has 2 aromatic carbocycles. The van der Waals surface area contributed by atoms with Crippen LogP contribution in [-0.2, 0) is 30.2 Å². The van der Waals surface area contributed by atoms with Crippen molar-refractivity contribution in [1.82, 2.24) is 0 Å². The first-order chi connectivity index (χ1) is 17.9. The maximum atomic E-state index is 13.6. The minimum Gasteiger partial charge on any atom is -0.497 e. The lowest BCUT2D eigenvalue weighted by Gasteiger charge is -2.33. The molecule has 1 aromatic heterocycles. The molecule has 1 unspecified atom stereocenters. The van der Waals surface area contributed by atoms with Gasteiger partial charge in [-0.25, -0.2) is 0 Å². The number of hydrogen-bond donors (Lipinski definition) is 2. The molecular weight excluding hydrogens is 513 g/mol. The van der Waals surface area contributed by atoms with Crippen molar-refractivity contribution in [2.24, 2.45) is 11.3 Å². The Balaban J connectivity index is 1.65. The molecule has 0 fully saturated rings. The van der Waals surface area contributed by atoms with E-state index in [1.165, 1.54) is 29.5 Å². The van der Waals surface area contributed by atoms with Gasteiger partial charge in [-0.15, -0.1) is 11.3 Å². The monoisotopic (exact) mass is 544 g/mol. The number of rotatable bonds is 6. The summed E-state index contributed by atoms with van der Waals surface area (Å²) in [5.74, 6) is 0.0870. The van der Waals surface area contributed by atoms with E-state index < -0.39 is 17.6 Å².